The van der Waals surface area contributed by atoms with Crippen LogP contribution in [0.5, 0.6) is 0 Å². The number of benzene rings is 1. The van der Waals surface area contributed by atoms with Crippen molar-refractivity contribution < 1.29 is 14.6 Å². The summed E-state index contributed by atoms with van der Waals surface area (Å²) < 4.78 is 5.57. The van der Waals surface area contributed by atoms with E-state index in [2.05, 4.69) is 10.3 Å². The van der Waals surface area contributed by atoms with Gasteiger partial charge in [0.05, 0.1) is 0 Å². The average Bonchev–Trinajstić information content (AvgIpc) is 2.99. The number of nitrogens with one attached hydrogen (secondary N) is 2. The van der Waals surface area contributed by atoms with Crippen LogP contribution in [-0.2, 0) is 16.0 Å². The molecule has 0 radical (unpaired) electrons. The fourth-order valence-electron chi connectivity index (χ4n) is 2.93. The first-order valence-electron chi connectivity index (χ1n) is 7.57. The van der Waals surface area contributed by atoms with Crippen LogP contribution in [0, 0.1) is 0 Å². The Kier molecular flexibility index (Phi) is 3.87. The van der Waals surface area contributed by atoms with Gasteiger partial charge in [-0.3, -0.25) is 0 Å². The van der Waals surface area contributed by atoms with Gasteiger partial charge in [-0.15, -0.1) is 0 Å². The standard InChI is InChI=1S/C17H21N3O3/c1-17(2)14(8-15(18)23-17)20-13(16(21)22)7-10-9-19-12-6-4-3-5-11(10)12/h3-6,8-9,13,15,19-20H,7,18H2,1-2H3,(H,21,22). The van der Waals surface area contributed by atoms with Crippen LogP contribution in [0.1, 0.15) is 19.4 Å². The summed E-state index contributed by atoms with van der Waals surface area (Å²) in [5, 5.41) is 13.7. The maximum atomic E-state index is 11.7. The number of aromatic nitrogens is 1. The van der Waals surface area contributed by atoms with E-state index in [1.165, 1.54) is 0 Å². The zero-order valence-electron chi connectivity index (χ0n) is 13.2. The number of hydrogen-bond acceptors (Lipinski definition) is 4. The molecule has 0 aliphatic carbocycles. The third kappa shape index (κ3) is 3.09. The first-order chi connectivity index (χ1) is 10.9. The zero-order chi connectivity index (χ0) is 16.6. The van der Waals surface area contributed by atoms with Gasteiger partial charge in [0, 0.05) is 29.2 Å². The quantitative estimate of drug-likeness (QED) is 0.673. The summed E-state index contributed by atoms with van der Waals surface area (Å²) in [7, 11) is 0. The molecule has 0 fully saturated rings. The molecule has 122 valence electrons. The smallest absolute Gasteiger partial charge is 0.326 e. The highest BCUT2D eigenvalue weighted by molar-refractivity contribution is 5.84. The molecule has 1 aromatic carbocycles. The third-order valence-electron chi connectivity index (χ3n) is 4.14. The van der Waals surface area contributed by atoms with Gasteiger partial charge in [0.2, 0.25) is 0 Å². The number of hydrogen-bond donors (Lipinski definition) is 4. The molecule has 0 spiro atoms. The van der Waals surface area contributed by atoms with Crippen LogP contribution in [0.3, 0.4) is 0 Å². The Balaban J connectivity index is 1.83. The molecule has 6 heteroatoms. The molecule has 3 rings (SSSR count). The third-order valence-corrected chi connectivity index (χ3v) is 4.14. The van der Waals surface area contributed by atoms with Crippen molar-refractivity contribution in [3.05, 3.63) is 47.8 Å². The Hall–Kier alpha value is -2.31. The molecule has 2 aromatic rings. The van der Waals surface area contributed by atoms with Gasteiger partial charge in [0.1, 0.15) is 17.9 Å². The van der Waals surface area contributed by atoms with Crippen molar-refractivity contribution in [1.29, 1.82) is 0 Å². The van der Waals surface area contributed by atoms with Crippen LogP contribution < -0.4 is 11.1 Å². The van der Waals surface area contributed by atoms with E-state index in [4.69, 9.17) is 10.5 Å². The lowest BCUT2D eigenvalue weighted by atomic mass is 10.0. The Labute approximate surface area is 134 Å². The fourth-order valence-corrected chi connectivity index (χ4v) is 2.93. The Morgan fingerprint density at radius 3 is 2.87 bits per heavy atom. The molecule has 0 bridgehead atoms. The highest BCUT2D eigenvalue weighted by atomic mass is 16.5. The number of carboxylic acids is 1. The van der Waals surface area contributed by atoms with E-state index in [0.717, 1.165) is 16.5 Å². The molecule has 0 saturated heterocycles. The molecule has 1 aliphatic rings. The summed E-state index contributed by atoms with van der Waals surface area (Å²) in [5.74, 6) is -0.910. The van der Waals surface area contributed by atoms with Crippen molar-refractivity contribution in [2.24, 2.45) is 5.73 Å². The molecule has 2 unspecified atom stereocenters. The van der Waals surface area contributed by atoms with E-state index < -0.39 is 23.8 Å². The van der Waals surface area contributed by atoms with Crippen molar-refractivity contribution in [3.8, 4) is 0 Å². The second-order valence-electron chi connectivity index (χ2n) is 6.27. The largest absolute Gasteiger partial charge is 0.480 e. The number of aliphatic carboxylic acids is 1. The predicted molar refractivity (Wildman–Crippen MR) is 87.8 cm³/mol. The minimum Gasteiger partial charge on any atom is -0.480 e. The van der Waals surface area contributed by atoms with E-state index in [9.17, 15) is 9.90 Å². The molecule has 1 aromatic heterocycles. The monoisotopic (exact) mass is 315 g/mol. The summed E-state index contributed by atoms with van der Waals surface area (Å²) in [4.78, 5) is 14.8. The van der Waals surface area contributed by atoms with Crippen LogP contribution in [0.2, 0.25) is 0 Å². The summed E-state index contributed by atoms with van der Waals surface area (Å²) in [6, 6.07) is 7.09. The number of para-hydroxylation sites is 1. The van der Waals surface area contributed by atoms with Crippen molar-refractivity contribution >= 4 is 16.9 Å². The van der Waals surface area contributed by atoms with Gasteiger partial charge in [-0.1, -0.05) is 18.2 Å². The molecule has 1 aliphatic heterocycles. The average molecular weight is 315 g/mol. The first kappa shape index (κ1) is 15.6. The lowest BCUT2D eigenvalue weighted by Crippen LogP contribution is -2.43. The molecular weight excluding hydrogens is 294 g/mol. The lowest BCUT2D eigenvalue weighted by molar-refractivity contribution is -0.139. The van der Waals surface area contributed by atoms with E-state index in [1.807, 2.05) is 44.3 Å². The summed E-state index contributed by atoms with van der Waals surface area (Å²) in [5.41, 5.74) is 7.82. The summed E-state index contributed by atoms with van der Waals surface area (Å²) >= 11 is 0. The topological polar surface area (TPSA) is 100 Å². The van der Waals surface area contributed by atoms with Gasteiger partial charge >= 0.3 is 5.97 Å². The van der Waals surface area contributed by atoms with Gasteiger partial charge in [-0.05, 0) is 31.6 Å². The molecule has 5 N–H and O–H groups in total. The van der Waals surface area contributed by atoms with Gasteiger partial charge in [-0.25, -0.2) is 4.79 Å². The molecule has 2 atom stereocenters. The normalized spacial score (nSPS) is 21.2. The first-order valence-corrected chi connectivity index (χ1v) is 7.57. The highest BCUT2D eigenvalue weighted by Crippen LogP contribution is 2.27. The number of fused-ring (bicyclic) bond motifs is 1. The summed E-state index contributed by atoms with van der Waals surface area (Å²) in [6.07, 6.45) is 3.43. The van der Waals surface area contributed by atoms with Gasteiger partial charge in [0.25, 0.3) is 0 Å². The van der Waals surface area contributed by atoms with Crippen LogP contribution in [0.4, 0.5) is 0 Å². The van der Waals surface area contributed by atoms with Crippen LogP contribution in [0.15, 0.2) is 42.2 Å². The van der Waals surface area contributed by atoms with Crippen LogP contribution in [0.25, 0.3) is 10.9 Å². The molecule has 23 heavy (non-hydrogen) atoms. The van der Waals surface area contributed by atoms with Crippen molar-refractivity contribution in [2.45, 2.75) is 38.1 Å². The number of ether oxygens (including phenoxy) is 1. The molecule has 0 amide bonds. The van der Waals surface area contributed by atoms with E-state index in [0.29, 0.717) is 12.1 Å². The Morgan fingerprint density at radius 2 is 2.22 bits per heavy atom. The number of carbonyl (C=O) groups is 1. The molecule has 0 saturated carbocycles. The fraction of sp³-hybridized carbons (Fsp3) is 0.353. The number of aromatic amines is 1. The Bertz CT molecular complexity index is 763. The minimum atomic E-state index is -0.910. The van der Waals surface area contributed by atoms with Gasteiger partial charge in [-0.2, -0.15) is 0 Å². The van der Waals surface area contributed by atoms with Crippen LogP contribution >= 0.6 is 0 Å². The van der Waals surface area contributed by atoms with Crippen molar-refractivity contribution in [2.75, 3.05) is 0 Å². The van der Waals surface area contributed by atoms with E-state index in [1.54, 1.807) is 6.08 Å². The number of carboxylic acid groups (broad SMARTS) is 1. The predicted octanol–water partition coefficient (Wildman–Crippen LogP) is 1.73. The van der Waals surface area contributed by atoms with E-state index in [-0.39, 0.29) is 0 Å². The minimum absolute atomic E-state index is 0.363. The maximum Gasteiger partial charge on any atom is 0.326 e. The number of nitrogens with two attached hydrogens (primary N) is 1. The summed E-state index contributed by atoms with van der Waals surface area (Å²) in [6.45, 7) is 3.73. The lowest BCUT2D eigenvalue weighted by Gasteiger charge is -2.26. The van der Waals surface area contributed by atoms with Gasteiger partial charge in [0.15, 0.2) is 0 Å². The van der Waals surface area contributed by atoms with Gasteiger partial charge < -0.3 is 25.9 Å². The van der Waals surface area contributed by atoms with Crippen molar-refractivity contribution in [3.63, 3.8) is 0 Å². The Morgan fingerprint density at radius 1 is 1.48 bits per heavy atom. The second-order valence-corrected chi connectivity index (χ2v) is 6.27. The van der Waals surface area contributed by atoms with Crippen LogP contribution in [-0.4, -0.2) is 33.9 Å². The number of rotatable bonds is 5. The molecular formula is C17H21N3O3. The second kappa shape index (κ2) is 5.72. The SMILES string of the molecule is CC1(C)OC(N)C=C1NC(Cc1c[nH]c2ccccc12)C(=O)O. The van der Waals surface area contributed by atoms with E-state index >= 15 is 0 Å². The molecule has 6 nitrogen and oxygen atoms in total. The van der Waals surface area contributed by atoms with Crippen molar-refractivity contribution in [1.82, 2.24) is 10.3 Å². The maximum absolute atomic E-state index is 11.7. The number of H-pyrrole nitrogens is 1. The zero-order valence-corrected chi connectivity index (χ0v) is 13.2. The molecule has 2 heterocycles. The highest BCUT2D eigenvalue weighted by Gasteiger charge is 2.35.